The van der Waals surface area contributed by atoms with Gasteiger partial charge >= 0.3 is 0 Å². The number of hydrogen-bond acceptors (Lipinski definition) is 1. The van der Waals surface area contributed by atoms with E-state index in [9.17, 15) is 0 Å². The molecule has 14 heavy (non-hydrogen) atoms. The van der Waals surface area contributed by atoms with Gasteiger partial charge in [-0.1, -0.05) is 20.8 Å². The predicted molar refractivity (Wildman–Crippen MR) is 67.8 cm³/mol. The molecule has 0 aromatic heterocycles. The number of aliphatic imine (C=N–C) groups is 1. The molecule has 0 aliphatic rings. The third-order valence-corrected chi connectivity index (χ3v) is 2.07. The smallest absolute Gasteiger partial charge is 0.193 e. The van der Waals surface area contributed by atoms with E-state index in [1.807, 2.05) is 0 Å². The van der Waals surface area contributed by atoms with Crippen LogP contribution in [0.4, 0.5) is 0 Å². The summed E-state index contributed by atoms with van der Waals surface area (Å²) in [5.74, 6) is 0. The van der Waals surface area contributed by atoms with Crippen LogP contribution < -0.4 is 0 Å². The highest BCUT2D eigenvalue weighted by molar-refractivity contribution is 6.64. The number of nitrogens with zero attached hydrogens (tertiary/aromatic N) is 2. The Hall–Kier alpha value is 0.0500. The summed E-state index contributed by atoms with van der Waals surface area (Å²) in [7, 11) is 0. The van der Waals surface area contributed by atoms with Gasteiger partial charge in [0.2, 0.25) is 0 Å². The van der Waals surface area contributed by atoms with Crippen molar-refractivity contribution in [3.05, 3.63) is 0 Å². The van der Waals surface area contributed by atoms with E-state index in [4.69, 9.17) is 11.6 Å². The lowest BCUT2D eigenvalue weighted by Gasteiger charge is -2.21. The van der Waals surface area contributed by atoms with Crippen LogP contribution in [0, 0.1) is 0 Å². The summed E-state index contributed by atoms with van der Waals surface area (Å²) < 4.78 is 0. The van der Waals surface area contributed by atoms with Gasteiger partial charge in [-0.2, -0.15) is 0 Å². The molecule has 0 saturated heterocycles. The SMILES string of the molecule is CCCN=C(Cl)N(CCC)CCC.Cl. The minimum absolute atomic E-state index is 0. The van der Waals surface area contributed by atoms with Gasteiger partial charge in [0.1, 0.15) is 0 Å². The van der Waals surface area contributed by atoms with E-state index in [0.717, 1.165) is 38.9 Å². The summed E-state index contributed by atoms with van der Waals surface area (Å²) in [6.07, 6.45) is 3.30. The Bertz CT molecular complexity index is 143. The maximum atomic E-state index is 6.06. The van der Waals surface area contributed by atoms with E-state index in [-0.39, 0.29) is 12.4 Å². The van der Waals surface area contributed by atoms with Gasteiger partial charge in [-0.25, -0.2) is 0 Å². The van der Waals surface area contributed by atoms with Crippen molar-refractivity contribution in [3.8, 4) is 0 Å². The van der Waals surface area contributed by atoms with E-state index in [1.54, 1.807) is 0 Å². The second-order valence-corrected chi connectivity index (χ2v) is 3.48. The molecule has 0 N–H and O–H groups in total. The van der Waals surface area contributed by atoms with Gasteiger partial charge in [0.05, 0.1) is 0 Å². The first kappa shape index (κ1) is 16.5. The zero-order valence-corrected chi connectivity index (χ0v) is 11.0. The number of hydrogen-bond donors (Lipinski definition) is 0. The average molecular weight is 241 g/mol. The van der Waals surface area contributed by atoms with Gasteiger partial charge in [-0.3, -0.25) is 4.99 Å². The van der Waals surface area contributed by atoms with E-state index in [0.29, 0.717) is 5.29 Å². The van der Waals surface area contributed by atoms with Crippen LogP contribution in [-0.4, -0.2) is 29.8 Å². The van der Waals surface area contributed by atoms with E-state index >= 15 is 0 Å². The van der Waals surface area contributed by atoms with Crippen molar-refractivity contribution < 1.29 is 0 Å². The molecule has 0 spiro atoms. The molecule has 0 aliphatic heterocycles. The van der Waals surface area contributed by atoms with E-state index in [1.165, 1.54) is 0 Å². The van der Waals surface area contributed by atoms with Crippen LogP contribution in [0.3, 0.4) is 0 Å². The lowest BCUT2D eigenvalue weighted by Crippen LogP contribution is -2.29. The normalized spacial score (nSPS) is 11.0. The predicted octanol–water partition coefficient (Wildman–Crippen LogP) is 3.54. The molecule has 0 aliphatic carbocycles. The van der Waals surface area contributed by atoms with Crippen molar-refractivity contribution in [3.63, 3.8) is 0 Å². The van der Waals surface area contributed by atoms with Gasteiger partial charge in [0.15, 0.2) is 5.29 Å². The van der Waals surface area contributed by atoms with Crippen molar-refractivity contribution in [2.45, 2.75) is 40.0 Å². The van der Waals surface area contributed by atoms with Crippen LogP contribution in [0.1, 0.15) is 40.0 Å². The summed E-state index contributed by atoms with van der Waals surface area (Å²) in [5, 5.41) is 0.686. The molecule has 0 saturated carbocycles. The van der Waals surface area contributed by atoms with Crippen molar-refractivity contribution >= 4 is 29.3 Å². The molecule has 2 nitrogen and oxygen atoms in total. The average Bonchev–Trinajstić information content (AvgIpc) is 2.14. The largest absolute Gasteiger partial charge is 0.347 e. The van der Waals surface area contributed by atoms with Crippen LogP contribution in [0.5, 0.6) is 0 Å². The first-order chi connectivity index (χ1) is 6.26. The Labute approximate surface area is 99.1 Å². The topological polar surface area (TPSA) is 15.6 Å². The van der Waals surface area contributed by atoms with Crippen LogP contribution in [0.15, 0.2) is 4.99 Å². The highest BCUT2D eigenvalue weighted by Gasteiger charge is 2.05. The lowest BCUT2D eigenvalue weighted by molar-refractivity contribution is 0.422. The number of amidine groups is 1. The van der Waals surface area contributed by atoms with Crippen molar-refractivity contribution in [1.82, 2.24) is 4.90 Å². The number of halogens is 2. The minimum Gasteiger partial charge on any atom is -0.347 e. The molecule has 0 aromatic carbocycles. The molecule has 0 heterocycles. The fourth-order valence-corrected chi connectivity index (χ4v) is 1.39. The van der Waals surface area contributed by atoms with Gasteiger partial charge in [0.25, 0.3) is 0 Å². The molecule has 4 heteroatoms. The maximum Gasteiger partial charge on any atom is 0.193 e. The molecule has 0 bridgehead atoms. The molecule has 0 aromatic rings. The zero-order valence-electron chi connectivity index (χ0n) is 9.42. The lowest BCUT2D eigenvalue weighted by atomic mass is 10.4. The quantitative estimate of drug-likeness (QED) is 0.394. The first-order valence-corrected chi connectivity index (χ1v) is 5.58. The summed E-state index contributed by atoms with van der Waals surface area (Å²) in [5.41, 5.74) is 0. The molecule has 0 unspecified atom stereocenters. The second-order valence-electron chi connectivity index (χ2n) is 3.14. The van der Waals surface area contributed by atoms with Crippen LogP contribution >= 0.6 is 24.0 Å². The zero-order chi connectivity index (χ0) is 10.1. The Balaban J connectivity index is 0. The highest BCUT2D eigenvalue weighted by Crippen LogP contribution is 2.01. The fourth-order valence-electron chi connectivity index (χ4n) is 1.14. The molecule has 86 valence electrons. The molecule has 0 amide bonds. The second kappa shape index (κ2) is 11.1. The molecule has 0 rings (SSSR count). The van der Waals surface area contributed by atoms with Crippen molar-refractivity contribution in [1.29, 1.82) is 0 Å². The summed E-state index contributed by atoms with van der Waals surface area (Å²) in [4.78, 5) is 6.44. The Morgan fingerprint density at radius 3 is 1.93 bits per heavy atom. The summed E-state index contributed by atoms with van der Waals surface area (Å²) >= 11 is 6.06. The first-order valence-electron chi connectivity index (χ1n) is 5.21. The van der Waals surface area contributed by atoms with Gasteiger partial charge < -0.3 is 4.90 Å². The third-order valence-electron chi connectivity index (χ3n) is 1.71. The number of rotatable bonds is 6. The van der Waals surface area contributed by atoms with Gasteiger partial charge in [-0.05, 0) is 30.9 Å². The van der Waals surface area contributed by atoms with Gasteiger partial charge in [0, 0.05) is 19.6 Å². The molecule has 0 radical (unpaired) electrons. The Morgan fingerprint density at radius 2 is 1.57 bits per heavy atom. The van der Waals surface area contributed by atoms with Crippen molar-refractivity contribution in [2.75, 3.05) is 19.6 Å². The molecular formula is C10H22Cl2N2. The van der Waals surface area contributed by atoms with Crippen molar-refractivity contribution in [2.24, 2.45) is 4.99 Å². The highest BCUT2D eigenvalue weighted by atomic mass is 35.5. The fraction of sp³-hybridized carbons (Fsp3) is 0.900. The third kappa shape index (κ3) is 7.45. The standard InChI is InChI=1S/C10H21ClN2.ClH/c1-4-7-12-10(11)13(8-5-2)9-6-3;/h4-9H2,1-3H3;1H. The summed E-state index contributed by atoms with van der Waals surface area (Å²) in [6, 6.07) is 0. The Kier molecular flexibility index (Phi) is 13.1. The van der Waals surface area contributed by atoms with Crippen LogP contribution in [-0.2, 0) is 0 Å². The van der Waals surface area contributed by atoms with Crippen LogP contribution in [0.25, 0.3) is 0 Å². The summed E-state index contributed by atoms with van der Waals surface area (Å²) in [6.45, 7) is 9.29. The minimum atomic E-state index is 0. The van der Waals surface area contributed by atoms with E-state index < -0.39 is 0 Å². The van der Waals surface area contributed by atoms with Gasteiger partial charge in [-0.15, -0.1) is 12.4 Å². The maximum absolute atomic E-state index is 6.06. The van der Waals surface area contributed by atoms with Crippen LogP contribution in [0.2, 0.25) is 0 Å². The Morgan fingerprint density at radius 1 is 1.07 bits per heavy atom. The molecular weight excluding hydrogens is 219 g/mol. The van der Waals surface area contributed by atoms with E-state index in [2.05, 4.69) is 30.7 Å². The molecule has 0 atom stereocenters. The molecule has 0 fully saturated rings. The monoisotopic (exact) mass is 240 g/mol.